The summed E-state index contributed by atoms with van der Waals surface area (Å²) in [6, 6.07) is 0. The number of rotatable bonds is 0. The molecule has 1 saturated heterocycles. The smallest absolute Gasteiger partial charge is 0.334 e. The van der Waals surface area contributed by atoms with E-state index >= 15 is 0 Å². The van der Waals surface area contributed by atoms with Crippen LogP contribution in [0.2, 0.25) is 0 Å². The number of ether oxygens (including phenoxy) is 1. The zero-order valence-electron chi connectivity index (χ0n) is 11.0. The Hall–Kier alpha value is -1.35. The highest BCUT2D eigenvalue weighted by Gasteiger charge is 2.37. The Balaban J connectivity index is 2.27. The summed E-state index contributed by atoms with van der Waals surface area (Å²) in [6.07, 6.45) is 5.50. The molecular formula is C15H20O3. The summed E-state index contributed by atoms with van der Waals surface area (Å²) < 4.78 is 5.33. The number of carbonyl (C=O) groups excluding carboxylic acids is 1. The van der Waals surface area contributed by atoms with Crippen molar-refractivity contribution in [2.45, 2.75) is 45.3 Å². The lowest BCUT2D eigenvalue weighted by Gasteiger charge is -2.18. The molecule has 3 unspecified atom stereocenters. The third kappa shape index (κ3) is 2.72. The molecular weight excluding hydrogens is 228 g/mol. The molecule has 0 radical (unpaired) electrons. The van der Waals surface area contributed by atoms with Gasteiger partial charge in [-0.1, -0.05) is 23.8 Å². The van der Waals surface area contributed by atoms with E-state index in [4.69, 9.17) is 4.74 Å². The second-order valence-corrected chi connectivity index (χ2v) is 5.34. The van der Waals surface area contributed by atoms with Crippen molar-refractivity contribution in [2.75, 3.05) is 0 Å². The van der Waals surface area contributed by atoms with Gasteiger partial charge in [-0.15, -0.1) is 0 Å². The number of esters is 1. The molecule has 18 heavy (non-hydrogen) atoms. The maximum absolute atomic E-state index is 11.6. The van der Waals surface area contributed by atoms with Gasteiger partial charge in [0.25, 0.3) is 0 Å². The molecule has 0 amide bonds. The van der Waals surface area contributed by atoms with Crippen LogP contribution < -0.4 is 0 Å². The van der Waals surface area contributed by atoms with Crippen LogP contribution in [0.15, 0.2) is 35.5 Å². The quantitative estimate of drug-likeness (QED) is 0.407. The van der Waals surface area contributed by atoms with Crippen LogP contribution in [0, 0.1) is 5.92 Å². The lowest BCUT2D eigenvalue weighted by atomic mass is 9.88. The summed E-state index contributed by atoms with van der Waals surface area (Å²) in [6.45, 7) is 7.81. The second-order valence-electron chi connectivity index (χ2n) is 5.34. The summed E-state index contributed by atoms with van der Waals surface area (Å²) in [5.41, 5.74) is 2.78. The molecule has 1 aliphatic heterocycles. The Morgan fingerprint density at radius 1 is 1.33 bits per heavy atom. The average molecular weight is 248 g/mol. The molecule has 2 aliphatic rings. The molecule has 0 aromatic carbocycles. The molecule has 0 aromatic heterocycles. The summed E-state index contributed by atoms with van der Waals surface area (Å²) in [7, 11) is 0. The lowest BCUT2D eigenvalue weighted by Crippen LogP contribution is -2.17. The van der Waals surface area contributed by atoms with E-state index in [2.05, 4.69) is 6.58 Å². The maximum Gasteiger partial charge on any atom is 0.334 e. The normalized spacial score (nSPS) is 39.2. The number of hydrogen-bond donors (Lipinski definition) is 1. The fourth-order valence-electron chi connectivity index (χ4n) is 2.65. The zero-order chi connectivity index (χ0) is 13.3. The second kappa shape index (κ2) is 5.11. The largest absolute Gasteiger partial charge is 0.454 e. The molecule has 3 atom stereocenters. The van der Waals surface area contributed by atoms with Gasteiger partial charge in [0, 0.05) is 11.5 Å². The number of fused-ring (bicyclic) bond motifs is 1. The highest BCUT2D eigenvalue weighted by molar-refractivity contribution is 5.91. The third-order valence-electron chi connectivity index (χ3n) is 3.66. The van der Waals surface area contributed by atoms with Gasteiger partial charge in [-0.3, -0.25) is 0 Å². The first kappa shape index (κ1) is 13.1. The van der Waals surface area contributed by atoms with Gasteiger partial charge < -0.3 is 9.84 Å². The number of carbonyl (C=O) groups is 1. The first-order valence-electron chi connectivity index (χ1n) is 6.40. The van der Waals surface area contributed by atoms with Gasteiger partial charge in [-0.25, -0.2) is 4.79 Å². The predicted octanol–water partition coefficient (Wildman–Crippen LogP) is 2.52. The van der Waals surface area contributed by atoms with Crippen molar-refractivity contribution in [1.29, 1.82) is 0 Å². The molecule has 0 bridgehead atoms. The van der Waals surface area contributed by atoms with E-state index in [0.717, 1.165) is 24.0 Å². The minimum absolute atomic E-state index is 0.0750. The van der Waals surface area contributed by atoms with E-state index in [1.807, 2.05) is 26.0 Å². The first-order chi connectivity index (χ1) is 8.47. The number of allylic oxidation sites excluding steroid dienone is 1. The number of aliphatic hydroxyl groups excluding tert-OH is 1. The first-order valence-corrected chi connectivity index (χ1v) is 6.40. The van der Waals surface area contributed by atoms with Gasteiger partial charge in [0.1, 0.15) is 6.10 Å². The predicted molar refractivity (Wildman–Crippen MR) is 69.9 cm³/mol. The van der Waals surface area contributed by atoms with E-state index in [9.17, 15) is 9.90 Å². The van der Waals surface area contributed by atoms with Crippen molar-refractivity contribution in [1.82, 2.24) is 0 Å². The molecule has 3 heteroatoms. The van der Waals surface area contributed by atoms with Crippen LogP contribution in [0.4, 0.5) is 0 Å². The van der Waals surface area contributed by atoms with Gasteiger partial charge in [-0.05, 0) is 39.2 Å². The highest BCUT2D eigenvalue weighted by Crippen LogP contribution is 2.34. The molecule has 0 spiro atoms. The monoisotopic (exact) mass is 248 g/mol. The van der Waals surface area contributed by atoms with Crippen molar-refractivity contribution in [2.24, 2.45) is 5.92 Å². The Morgan fingerprint density at radius 2 is 2.06 bits per heavy atom. The molecule has 1 fully saturated rings. The summed E-state index contributed by atoms with van der Waals surface area (Å²) in [5.74, 6) is -0.207. The van der Waals surface area contributed by atoms with Crippen molar-refractivity contribution in [3.05, 3.63) is 35.5 Å². The fourth-order valence-corrected chi connectivity index (χ4v) is 2.65. The van der Waals surface area contributed by atoms with Gasteiger partial charge >= 0.3 is 5.97 Å². The van der Waals surface area contributed by atoms with E-state index < -0.39 is 6.10 Å². The van der Waals surface area contributed by atoms with Gasteiger partial charge in [-0.2, -0.15) is 0 Å². The van der Waals surface area contributed by atoms with Crippen LogP contribution >= 0.6 is 0 Å². The maximum atomic E-state index is 11.6. The molecule has 1 aliphatic carbocycles. The Morgan fingerprint density at radius 3 is 2.78 bits per heavy atom. The van der Waals surface area contributed by atoms with Crippen molar-refractivity contribution >= 4 is 5.97 Å². The van der Waals surface area contributed by atoms with E-state index in [1.54, 1.807) is 0 Å². The van der Waals surface area contributed by atoms with Gasteiger partial charge in [0.15, 0.2) is 0 Å². The molecule has 1 N–H and O–H groups in total. The summed E-state index contributed by atoms with van der Waals surface area (Å²) in [5, 5.41) is 9.87. The summed E-state index contributed by atoms with van der Waals surface area (Å²) >= 11 is 0. The SMILES string of the molecule is C=C1C(=O)OC2/C=C(\C)CC(O)/C=C(/C)CCC12. The molecule has 2 rings (SSSR count). The van der Waals surface area contributed by atoms with Crippen LogP contribution in [0.5, 0.6) is 0 Å². The van der Waals surface area contributed by atoms with Crippen LogP contribution in [0.3, 0.4) is 0 Å². The average Bonchev–Trinajstić information content (AvgIpc) is 2.51. The molecule has 3 nitrogen and oxygen atoms in total. The van der Waals surface area contributed by atoms with E-state index in [1.165, 1.54) is 0 Å². The number of aliphatic hydroxyl groups is 1. The lowest BCUT2D eigenvalue weighted by molar-refractivity contribution is -0.137. The molecule has 0 aromatic rings. The Kier molecular flexibility index (Phi) is 3.71. The topological polar surface area (TPSA) is 46.5 Å². The van der Waals surface area contributed by atoms with E-state index in [0.29, 0.717) is 12.0 Å². The Labute approximate surface area is 108 Å². The van der Waals surface area contributed by atoms with Crippen LogP contribution in [-0.2, 0) is 9.53 Å². The third-order valence-corrected chi connectivity index (χ3v) is 3.66. The molecule has 98 valence electrons. The molecule has 0 saturated carbocycles. The fraction of sp³-hybridized carbons (Fsp3) is 0.533. The van der Waals surface area contributed by atoms with Crippen LogP contribution in [-0.4, -0.2) is 23.3 Å². The minimum Gasteiger partial charge on any atom is -0.454 e. The zero-order valence-corrected chi connectivity index (χ0v) is 11.0. The standard InChI is InChI=1S/C15H20O3/c1-9-4-5-13-11(3)15(17)18-14(13)8-10(2)7-12(16)6-9/h6,8,12-14,16H,3-5,7H2,1-2H3/b9-6-,10-8+. The van der Waals surface area contributed by atoms with Gasteiger partial charge in [0.05, 0.1) is 6.10 Å². The number of hydrogen-bond acceptors (Lipinski definition) is 3. The van der Waals surface area contributed by atoms with Crippen LogP contribution in [0.1, 0.15) is 33.1 Å². The van der Waals surface area contributed by atoms with Crippen molar-refractivity contribution < 1.29 is 14.6 Å². The summed E-state index contributed by atoms with van der Waals surface area (Å²) in [4.78, 5) is 11.6. The Bertz CT molecular complexity index is 431. The van der Waals surface area contributed by atoms with Crippen LogP contribution in [0.25, 0.3) is 0 Å². The van der Waals surface area contributed by atoms with Gasteiger partial charge in [0.2, 0.25) is 0 Å². The molecule has 1 heterocycles. The minimum atomic E-state index is -0.446. The van der Waals surface area contributed by atoms with Crippen molar-refractivity contribution in [3.63, 3.8) is 0 Å². The van der Waals surface area contributed by atoms with Crippen molar-refractivity contribution in [3.8, 4) is 0 Å². The van der Waals surface area contributed by atoms with E-state index in [-0.39, 0.29) is 18.0 Å². The highest BCUT2D eigenvalue weighted by atomic mass is 16.5.